The summed E-state index contributed by atoms with van der Waals surface area (Å²) in [7, 11) is 0. The van der Waals surface area contributed by atoms with Crippen LogP contribution in [0.15, 0.2) is 152 Å². The molecule has 2 aliphatic rings. The number of fused-ring (bicyclic) bond motifs is 13. The molecule has 0 unspecified atom stereocenters. The van der Waals surface area contributed by atoms with Crippen LogP contribution in [0, 0.1) is 0 Å². The fourth-order valence-corrected chi connectivity index (χ4v) is 8.55. The van der Waals surface area contributed by atoms with Gasteiger partial charge in [-0.15, -0.1) is 0 Å². The van der Waals surface area contributed by atoms with Crippen LogP contribution in [0.5, 0.6) is 23.0 Å². The average Bonchev–Trinajstić information content (AvgIpc) is 3.81. The van der Waals surface area contributed by atoms with Crippen LogP contribution in [-0.4, -0.2) is 25.2 Å². The van der Waals surface area contributed by atoms with Crippen LogP contribution < -0.4 is 25.9 Å². The number of hydrogen-bond acceptors (Lipinski definition) is 3. The predicted octanol–water partition coefficient (Wildman–Crippen LogP) is 8.26. The second-order valence-electron chi connectivity index (χ2n) is 13.2. The Morgan fingerprint density at radius 2 is 1.10 bits per heavy atom. The summed E-state index contributed by atoms with van der Waals surface area (Å²) in [6.07, 6.45) is 0. The first kappa shape index (κ1) is 26.3. The number of aromatic nitrogens is 4. The monoisotopic (exact) mass is 640 g/mol. The first-order valence-electron chi connectivity index (χ1n) is 16.9. The van der Waals surface area contributed by atoms with Gasteiger partial charge in [-0.05, 0) is 65.5 Å². The molecule has 7 aromatic carbocycles. The van der Waals surface area contributed by atoms with Crippen molar-refractivity contribution in [3.05, 3.63) is 152 Å². The van der Waals surface area contributed by atoms with Gasteiger partial charge in [-0.1, -0.05) is 84.9 Å². The molecule has 232 valence electrons. The van der Waals surface area contributed by atoms with Crippen molar-refractivity contribution in [2.45, 2.75) is 0 Å². The van der Waals surface area contributed by atoms with Gasteiger partial charge in [0.15, 0.2) is 0 Å². The molecule has 0 fully saturated rings. The third-order valence-electron chi connectivity index (χ3n) is 10.5. The highest BCUT2D eigenvalue weighted by molar-refractivity contribution is 6.98. The van der Waals surface area contributed by atoms with Gasteiger partial charge in [0.2, 0.25) is 5.78 Å². The van der Waals surface area contributed by atoms with Crippen LogP contribution in [-0.2, 0) is 0 Å². The summed E-state index contributed by atoms with van der Waals surface area (Å²) in [5.74, 6) is 4.29. The van der Waals surface area contributed by atoms with Gasteiger partial charge in [0.1, 0.15) is 23.0 Å². The lowest BCUT2D eigenvalue weighted by Gasteiger charge is -2.33. The molecule has 12 rings (SSSR count). The molecule has 50 heavy (non-hydrogen) atoms. The minimum Gasteiger partial charge on any atom is -0.458 e. The van der Waals surface area contributed by atoms with E-state index < -0.39 is 0 Å². The number of hydrogen-bond donors (Lipinski definition) is 0. The molecule has 0 saturated carbocycles. The predicted molar refractivity (Wildman–Crippen MR) is 202 cm³/mol. The van der Waals surface area contributed by atoms with E-state index in [4.69, 9.17) is 14.5 Å². The van der Waals surface area contributed by atoms with Gasteiger partial charge >= 0.3 is 0 Å². The topological polar surface area (TPSA) is 45.6 Å². The molecule has 3 aromatic heterocycles. The second kappa shape index (κ2) is 9.46. The van der Waals surface area contributed by atoms with Gasteiger partial charge in [-0.2, -0.15) is 0 Å². The Labute approximate surface area is 286 Å². The van der Waals surface area contributed by atoms with E-state index in [1.165, 1.54) is 10.8 Å². The van der Waals surface area contributed by atoms with Crippen LogP contribution in [0.3, 0.4) is 0 Å². The summed E-state index contributed by atoms with van der Waals surface area (Å²) < 4.78 is 20.4. The minimum atomic E-state index is 0.0299. The van der Waals surface area contributed by atoms with Crippen LogP contribution >= 0.6 is 0 Å². The number of para-hydroxylation sites is 6. The van der Waals surface area contributed by atoms with Gasteiger partial charge in [0, 0.05) is 34.1 Å². The van der Waals surface area contributed by atoms with Crippen LogP contribution in [0.2, 0.25) is 0 Å². The molecule has 0 saturated heterocycles. The van der Waals surface area contributed by atoms with E-state index in [2.05, 4.69) is 153 Å². The highest BCUT2D eigenvalue weighted by atomic mass is 16.5. The summed E-state index contributed by atoms with van der Waals surface area (Å²) >= 11 is 0. The van der Waals surface area contributed by atoms with Gasteiger partial charge in [0.25, 0.3) is 6.71 Å². The lowest BCUT2D eigenvalue weighted by Crippen LogP contribution is -2.57. The zero-order chi connectivity index (χ0) is 32.5. The molecule has 0 bridgehead atoms. The number of nitrogens with zero attached hydrogens (tertiary/aromatic N) is 4. The quantitative estimate of drug-likeness (QED) is 0.179. The molecule has 10 aromatic rings. The van der Waals surface area contributed by atoms with Gasteiger partial charge < -0.3 is 14.0 Å². The zero-order valence-electron chi connectivity index (χ0n) is 26.6. The van der Waals surface area contributed by atoms with Crippen molar-refractivity contribution in [2.24, 2.45) is 0 Å². The molecule has 7 heteroatoms. The maximum absolute atomic E-state index is 6.71. The van der Waals surface area contributed by atoms with Crippen molar-refractivity contribution in [3.8, 4) is 34.4 Å². The summed E-state index contributed by atoms with van der Waals surface area (Å²) in [5.41, 5.74) is 11.9. The summed E-state index contributed by atoms with van der Waals surface area (Å²) in [5, 5.41) is 2.34. The molecule has 6 nitrogen and oxygen atoms in total. The Hall–Kier alpha value is -6.73. The van der Waals surface area contributed by atoms with Crippen LogP contribution in [0.4, 0.5) is 0 Å². The molecule has 0 radical (unpaired) electrons. The van der Waals surface area contributed by atoms with E-state index in [1.807, 2.05) is 12.1 Å². The smallest absolute Gasteiger partial charge is 0.260 e. The first-order valence-corrected chi connectivity index (χ1v) is 16.9. The lowest BCUT2D eigenvalue weighted by atomic mass is 9.35. The van der Waals surface area contributed by atoms with Crippen molar-refractivity contribution in [3.63, 3.8) is 0 Å². The minimum absolute atomic E-state index is 0.0299. The summed E-state index contributed by atoms with van der Waals surface area (Å²) in [4.78, 5) is 5.19. The largest absolute Gasteiger partial charge is 0.458 e. The molecule has 0 spiro atoms. The van der Waals surface area contributed by atoms with E-state index in [9.17, 15) is 0 Å². The second-order valence-corrected chi connectivity index (χ2v) is 13.2. The van der Waals surface area contributed by atoms with Crippen LogP contribution in [0.1, 0.15) is 0 Å². The van der Waals surface area contributed by atoms with E-state index in [0.29, 0.717) is 0 Å². The molecule has 5 heterocycles. The van der Waals surface area contributed by atoms with Crippen molar-refractivity contribution in [1.29, 1.82) is 0 Å². The highest BCUT2D eigenvalue weighted by Gasteiger charge is 2.40. The molecule has 2 aliphatic heterocycles. The number of ether oxygens (including phenoxy) is 2. The Morgan fingerprint density at radius 3 is 1.86 bits per heavy atom. The average molecular weight is 641 g/mol. The Morgan fingerprint density at radius 1 is 0.480 bits per heavy atom. The Kier molecular flexibility index (Phi) is 4.96. The van der Waals surface area contributed by atoms with Crippen molar-refractivity contribution < 1.29 is 9.47 Å². The van der Waals surface area contributed by atoms with Gasteiger partial charge in [0.05, 0.1) is 38.8 Å². The standard InChI is InChI=1S/C43H25BN4O2/c1-2-12-26(13-3-1)47-35-23-22-34-40(42(35)48-33-19-9-7-17-31(33)45-43(47)48)28-14-4-8-18-32(28)46(34)27-24-38-41-39(25-27)50-37-21-11-6-16-30(37)44(41)29-15-5-10-20-36(29)49-38/h1-25H. The maximum Gasteiger partial charge on any atom is 0.260 e. The van der Waals surface area contributed by atoms with Gasteiger partial charge in [-0.3, -0.25) is 8.97 Å². The SMILES string of the molecule is c1ccc(-n2c3ccc4c(c5ccccc5n4-c4cc5c6c(c4)Oc4ccccc4B6c4ccccc4O5)c3n3c4ccccc4nc23)cc1. The number of rotatable bonds is 2. The molecular formula is C43H25BN4O2. The molecule has 0 aliphatic carbocycles. The van der Waals surface area contributed by atoms with Gasteiger partial charge in [-0.25, -0.2) is 4.98 Å². The van der Waals surface area contributed by atoms with E-state index >= 15 is 0 Å². The van der Waals surface area contributed by atoms with E-state index in [-0.39, 0.29) is 6.71 Å². The molecule has 0 N–H and O–H groups in total. The van der Waals surface area contributed by atoms with E-state index in [1.54, 1.807) is 0 Å². The normalized spacial score (nSPS) is 13.1. The lowest BCUT2D eigenvalue weighted by molar-refractivity contribution is 0.464. The van der Waals surface area contributed by atoms with Crippen LogP contribution in [0.25, 0.3) is 61.0 Å². The van der Waals surface area contributed by atoms with Crippen molar-refractivity contribution in [2.75, 3.05) is 0 Å². The number of benzene rings is 7. The Bertz CT molecular complexity index is 2990. The Balaban J connectivity index is 1.20. The number of imidazole rings is 2. The van der Waals surface area contributed by atoms with Crippen molar-refractivity contribution in [1.82, 2.24) is 18.5 Å². The van der Waals surface area contributed by atoms with E-state index in [0.717, 1.165) is 89.6 Å². The maximum atomic E-state index is 6.71. The molecule has 0 atom stereocenters. The molecule has 0 amide bonds. The summed E-state index contributed by atoms with van der Waals surface area (Å²) in [6.45, 7) is 0.0299. The highest BCUT2D eigenvalue weighted by Crippen LogP contribution is 2.42. The first-order chi connectivity index (χ1) is 24.8. The fourth-order valence-electron chi connectivity index (χ4n) is 8.55. The third kappa shape index (κ3) is 3.31. The molecular weight excluding hydrogens is 615 g/mol. The zero-order valence-corrected chi connectivity index (χ0v) is 26.6. The summed E-state index contributed by atoms with van der Waals surface area (Å²) in [6, 6.07) is 53.2. The fraction of sp³-hybridized carbons (Fsp3) is 0. The third-order valence-corrected chi connectivity index (χ3v) is 10.5. The van der Waals surface area contributed by atoms with Crippen molar-refractivity contribution >= 4 is 72.8 Å².